The Kier molecular flexibility index (Phi) is 4.64. The maximum Gasteiger partial charge on any atom is 0.252 e. The van der Waals surface area contributed by atoms with Gasteiger partial charge in [0.25, 0.3) is 6.71 Å². The van der Waals surface area contributed by atoms with E-state index in [1.165, 1.54) is 126 Å². The zero-order valence-electron chi connectivity index (χ0n) is 28.6. The minimum absolute atomic E-state index is 0.0627. The zero-order chi connectivity index (χ0) is 34.1. The van der Waals surface area contributed by atoms with E-state index in [0.29, 0.717) is 0 Å². The Balaban J connectivity index is 1.28. The van der Waals surface area contributed by atoms with Crippen LogP contribution in [0, 0.1) is 0 Å². The first-order valence-electron chi connectivity index (χ1n) is 18.6. The molecule has 0 saturated heterocycles. The van der Waals surface area contributed by atoms with Gasteiger partial charge in [0, 0.05) is 32.9 Å². The van der Waals surface area contributed by atoms with Crippen LogP contribution in [0.15, 0.2) is 164 Å². The summed E-state index contributed by atoms with van der Waals surface area (Å²) < 4.78 is 5.25. The highest BCUT2D eigenvalue weighted by Gasteiger charge is 2.42. The van der Waals surface area contributed by atoms with E-state index >= 15 is 0 Å². The van der Waals surface area contributed by atoms with Crippen LogP contribution in [0.5, 0.6) is 0 Å². The summed E-state index contributed by atoms with van der Waals surface area (Å²) in [6, 6.07) is 62.0. The normalized spacial score (nSPS) is 13.2. The van der Waals surface area contributed by atoms with Crippen LogP contribution in [-0.4, -0.2) is 15.8 Å². The Morgan fingerprint density at radius 3 is 1.74 bits per heavy atom. The summed E-state index contributed by atoms with van der Waals surface area (Å²) in [5.74, 6) is 0. The SMILES string of the molecule is c1ccc(-c2cc3c4c(c2)-n2c5cccc6c5c5c7c(cccc7cc(c52)B4c2cc4ccccc4c4c5ccccc5n-3c24)-c2ccccc2-6)cc1. The van der Waals surface area contributed by atoms with Crippen molar-refractivity contribution in [2.24, 2.45) is 0 Å². The molecule has 240 valence electrons. The van der Waals surface area contributed by atoms with Gasteiger partial charge in [-0.05, 0) is 95.6 Å². The van der Waals surface area contributed by atoms with Crippen molar-refractivity contribution in [2.45, 2.75) is 0 Å². The molecule has 0 spiro atoms. The summed E-state index contributed by atoms with van der Waals surface area (Å²) >= 11 is 0. The van der Waals surface area contributed by atoms with Crippen molar-refractivity contribution in [2.75, 3.05) is 0 Å². The minimum Gasteiger partial charge on any atom is -0.310 e. The molecule has 11 aromatic rings. The number of aromatic nitrogens is 2. The fourth-order valence-corrected chi connectivity index (χ4v) is 10.8. The summed E-state index contributed by atoms with van der Waals surface area (Å²) in [5.41, 5.74) is 19.7. The predicted octanol–water partition coefficient (Wildman–Crippen LogP) is 10.6. The van der Waals surface area contributed by atoms with Gasteiger partial charge in [0.15, 0.2) is 0 Å². The summed E-state index contributed by atoms with van der Waals surface area (Å²) in [6.07, 6.45) is 0. The summed E-state index contributed by atoms with van der Waals surface area (Å²) in [5, 5.41) is 10.7. The molecule has 1 aliphatic carbocycles. The molecule has 2 aromatic heterocycles. The minimum atomic E-state index is 0.0627. The second-order valence-corrected chi connectivity index (χ2v) is 15.2. The molecular weight excluding hydrogens is 639 g/mol. The Bertz CT molecular complexity index is 3510. The second kappa shape index (κ2) is 9.14. The van der Waals surface area contributed by atoms with Gasteiger partial charge in [-0.25, -0.2) is 0 Å². The smallest absolute Gasteiger partial charge is 0.252 e. The second-order valence-electron chi connectivity index (χ2n) is 15.2. The Morgan fingerprint density at radius 1 is 0.358 bits per heavy atom. The molecule has 4 heterocycles. The number of nitrogens with zero attached hydrogens (tertiary/aromatic N) is 2. The molecule has 0 radical (unpaired) electrons. The Morgan fingerprint density at radius 2 is 0.925 bits per heavy atom. The summed E-state index contributed by atoms with van der Waals surface area (Å²) in [7, 11) is 0. The Labute approximate surface area is 304 Å². The van der Waals surface area contributed by atoms with E-state index in [9.17, 15) is 0 Å². The standard InChI is InChI=1S/C50H27BN2/c1-2-12-28(13-3-1)31-26-42-48-43(27-31)53-41-23-11-21-36-34-18-7-6-17-33(34)35-20-10-15-30-25-39(50(53)47(44(30)35)46(36)41)51(48)38-24-29-14-4-5-16-32(29)45-37-19-8-9-22-40(37)52(42)49(38)45/h1-27H. The lowest BCUT2D eigenvalue weighted by Gasteiger charge is -2.35. The highest BCUT2D eigenvalue weighted by molar-refractivity contribution is 7.00. The largest absolute Gasteiger partial charge is 0.310 e. The van der Waals surface area contributed by atoms with E-state index in [0.717, 1.165) is 0 Å². The molecule has 0 amide bonds. The van der Waals surface area contributed by atoms with Gasteiger partial charge in [0.1, 0.15) is 0 Å². The van der Waals surface area contributed by atoms with E-state index in [2.05, 4.69) is 173 Å². The van der Waals surface area contributed by atoms with E-state index in [1.807, 2.05) is 0 Å². The van der Waals surface area contributed by atoms with Crippen molar-refractivity contribution in [3.05, 3.63) is 164 Å². The van der Waals surface area contributed by atoms with Crippen LogP contribution in [0.2, 0.25) is 0 Å². The molecule has 0 unspecified atom stereocenters. The fourth-order valence-electron chi connectivity index (χ4n) is 10.8. The number of fused-ring (bicyclic) bond motifs is 13. The van der Waals surface area contributed by atoms with Gasteiger partial charge in [-0.3, -0.25) is 0 Å². The quantitative estimate of drug-likeness (QED) is 0.154. The molecule has 9 aromatic carbocycles. The van der Waals surface area contributed by atoms with Crippen molar-refractivity contribution in [3.63, 3.8) is 0 Å². The highest BCUT2D eigenvalue weighted by atomic mass is 15.0. The maximum absolute atomic E-state index is 2.64. The molecule has 0 saturated carbocycles. The van der Waals surface area contributed by atoms with Gasteiger partial charge in [0.2, 0.25) is 0 Å². The molecule has 2 aliphatic heterocycles. The fraction of sp³-hybridized carbons (Fsp3) is 0. The van der Waals surface area contributed by atoms with Crippen LogP contribution >= 0.6 is 0 Å². The predicted molar refractivity (Wildman–Crippen MR) is 225 cm³/mol. The first kappa shape index (κ1) is 26.9. The molecule has 0 bridgehead atoms. The highest BCUT2D eigenvalue weighted by Crippen LogP contribution is 2.51. The third-order valence-corrected chi connectivity index (χ3v) is 12.8. The number of hydrogen-bond acceptors (Lipinski definition) is 0. The lowest BCUT2D eigenvalue weighted by atomic mass is 9.34. The van der Waals surface area contributed by atoms with Crippen LogP contribution in [-0.2, 0) is 0 Å². The summed E-state index contributed by atoms with van der Waals surface area (Å²) in [4.78, 5) is 0. The van der Waals surface area contributed by atoms with Gasteiger partial charge < -0.3 is 9.13 Å². The van der Waals surface area contributed by atoms with Gasteiger partial charge in [0.05, 0.1) is 22.1 Å². The van der Waals surface area contributed by atoms with E-state index in [-0.39, 0.29) is 6.71 Å². The van der Waals surface area contributed by atoms with Crippen molar-refractivity contribution in [1.29, 1.82) is 0 Å². The number of hydrogen-bond donors (Lipinski definition) is 0. The first-order valence-corrected chi connectivity index (χ1v) is 18.6. The van der Waals surface area contributed by atoms with Gasteiger partial charge in [-0.1, -0.05) is 140 Å². The number of benzene rings is 9. The van der Waals surface area contributed by atoms with E-state index in [4.69, 9.17) is 0 Å². The van der Waals surface area contributed by atoms with Gasteiger partial charge >= 0.3 is 0 Å². The molecule has 0 fully saturated rings. The monoisotopic (exact) mass is 666 g/mol. The van der Waals surface area contributed by atoms with Crippen LogP contribution in [0.25, 0.3) is 110 Å². The lowest BCUT2D eigenvalue weighted by molar-refractivity contribution is 1.14. The molecule has 3 heteroatoms. The Hall–Kier alpha value is -6.84. The summed E-state index contributed by atoms with van der Waals surface area (Å²) in [6.45, 7) is 0.0627. The van der Waals surface area contributed by atoms with E-state index in [1.54, 1.807) is 0 Å². The van der Waals surface area contributed by atoms with Crippen molar-refractivity contribution in [1.82, 2.24) is 9.13 Å². The average Bonchev–Trinajstić information content (AvgIpc) is 3.72. The molecule has 0 atom stereocenters. The van der Waals surface area contributed by atoms with Crippen molar-refractivity contribution >= 4 is 88.3 Å². The first-order chi connectivity index (χ1) is 26.3. The third kappa shape index (κ3) is 3.05. The van der Waals surface area contributed by atoms with Gasteiger partial charge in [-0.2, -0.15) is 0 Å². The van der Waals surface area contributed by atoms with E-state index < -0.39 is 0 Å². The molecule has 53 heavy (non-hydrogen) atoms. The molecular formula is C50H27BN2. The third-order valence-electron chi connectivity index (χ3n) is 12.8. The topological polar surface area (TPSA) is 9.86 Å². The zero-order valence-corrected chi connectivity index (χ0v) is 28.6. The molecule has 2 nitrogen and oxygen atoms in total. The average molecular weight is 667 g/mol. The van der Waals surface area contributed by atoms with Crippen LogP contribution in [0.3, 0.4) is 0 Å². The number of rotatable bonds is 1. The maximum atomic E-state index is 2.64. The van der Waals surface area contributed by atoms with Crippen molar-refractivity contribution in [3.8, 4) is 44.8 Å². The number of para-hydroxylation sites is 1. The molecule has 3 aliphatic rings. The van der Waals surface area contributed by atoms with Crippen molar-refractivity contribution < 1.29 is 0 Å². The van der Waals surface area contributed by atoms with Gasteiger partial charge in [-0.15, -0.1) is 0 Å². The van der Waals surface area contributed by atoms with Crippen LogP contribution in [0.4, 0.5) is 0 Å². The molecule has 14 rings (SSSR count). The lowest BCUT2D eigenvalue weighted by Crippen LogP contribution is -2.59. The van der Waals surface area contributed by atoms with Crippen LogP contribution in [0.1, 0.15) is 0 Å². The molecule has 0 N–H and O–H groups in total. The van der Waals surface area contributed by atoms with Crippen LogP contribution < -0.4 is 16.4 Å².